The van der Waals surface area contributed by atoms with Gasteiger partial charge in [-0.25, -0.2) is 13.2 Å². The number of anilines is 1. The van der Waals surface area contributed by atoms with Crippen LogP contribution in [0.25, 0.3) is 0 Å². The van der Waals surface area contributed by atoms with E-state index < -0.39 is 10.0 Å². The standard InChI is InChI=1S/C18H27N3O5S/c1-4-26-18(23)20-12-10-19(11-13-20)17(22)8-9-21(27(3,24)25)16-7-5-6-15(2)14-16/h5-7,14H,4,8-13H2,1-3H3. The van der Waals surface area contributed by atoms with Gasteiger partial charge in [0.05, 0.1) is 18.6 Å². The lowest BCUT2D eigenvalue weighted by atomic mass is 10.2. The van der Waals surface area contributed by atoms with Crippen LogP contribution in [0.2, 0.25) is 0 Å². The van der Waals surface area contributed by atoms with Crippen LogP contribution in [0.15, 0.2) is 24.3 Å². The second kappa shape index (κ2) is 9.07. The first kappa shape index (κ1) is 21.0. The van der Waals surface area contributed by atoms with E-state index in [1.54, 1.807) is 34.9 Å². The molecule has 2 rings (SSSR count). The molecule has 0 aromatic heterocycles. The van der Waals surface area contributed by atoms with Crippen LogP contribution in [0.5, 0.6) is 0 Å². The molecule has 150 valence electrons. The zero-order valence-electron chi connectivity index (χ0n) is 16.1. The van der Waals surface area contributed by atoms with Gasteiger partial charge in [-0.05, 0) is 31.5 Å². The van der Waals surface area contributed by atoms with Gasteiger partial charge in [-0.3, -0.25) is 9.10 Å². The first-order chi connectivity index (χ1) is 12.7. The summed E-state index contributed by atoms with van der Waals surface area (Å²) < 4.78 is 30.5. The number of benzene rings is 1. The van der Waals surface area contributed by atoms with Crippen LogP contribution >= 0.6 is 0 Å². The highest BCUT2D eigenvalue weighted by atomic mass is 32.2. The fourth-order valence-electron chi connectivity index (χ4n) is 2.98. The molecule has 9 heteroatoms. The molecule has 1 aromatic rings. The lowest BCUT2D eigenvalue weighted by Gasteiger charge is -2.34. The second-order valence-corrected chi connectivity index (χ2v) is 8.40. The van der Waals surface area contributed by atoms with Crippen molar-refractivity contribution in [3.63, 3.8) is 0 Å². The van der Waals surface area contributed by atoms with Gasteiger partial charge in [-0.1, -0.05) is 12.1 Å². The van der Waals surface area contributed by atoms with Crippen molar-refractivity contribution in [2.45, 2.75) is 20.3 Å². The van der Waals surface area contributed by atoms with E-state index in [4.69, 9.17) is 4.74 Å². The minimum Gasteiger partial charge on any atom is -0.450 e. The van der Waals surface area contributed by atoms with Crippen LogP contribution < -0.4 is 4.31 Å². The lowest BCUT2D eigenvalue weighted by molar-refractivity contribution is -0.132. The van der Waals surface area contributed by atoms with E-state index in [2.05, 4.69) is 0 Å². The molecule has 1 saturated heterocycles. The number of rotatable bonds is 6. The highest BCUT2D eigenvalue weighted by Gasteiger charge is 2.26. The van der Waals surface area contributed by atoms with Crippen LogP contribution in [-0.2, 0) is 19.6 Å². The van der Waals surface area contributed by atoms with Crippen molar-refractivity contribution >= 4 is 27.7 Å². The van der Waals surface area contributed by atoms with E-state index >= 15 is 0 Å². The number of piperazine rings is 1. The number of nitrogens with zero attached hydrogens (tertiary/aromatic N) is 3. The van der Waals surface area contributed by atoms with Gasteiger partial charge in [0.25, 0.3) is 0 Å². The average Bonchev–Trinajstić information content (AvgIpc) is 2.61. The molecule has 1 aliphatic rings. The van der Waals surface area contributed by atoms with Gasteiger partial charge in [-0.2, -0.15) is 0 Å². The van der Waals surface area contributed by atoms with Crippen LogP contribution in [0.4, 0.5) is 10.5 Å². The molecular formula is C18H27N3O5S. The zero-order valence-corrected chi connectivity index (χ0v) is 16.9. The molecule has 0 aliphatic carbocycles. The highest BCUT2D eigenvalue weighted by Crippen LogP contribution is 2.19. The lowest BCUT2D eigenvalue weighted by Crippen LogP contribution is -2.51. The smallest absolute Gasteiger partial charge is 0.409 e. The maximum atomic E-state index is 12.5. The summed E-state index contributed by atoms with van der Waals surface area (Å²) in [5.41, 5.74) is 1.50. The molecule has 0 spiro atoms. The SMILES string of the molecule is CCOC(=O)N1CCN(C(=O)CCN(c2cccc(C)c2)S(C)(=O)=O)CC1. The van der Waals surface area contributed by atoms with Crippen molar-refractivity contribution in [1.29, 1.82) is 0 Å². The van der Waals surface area contributed by atoms with Crippen LogP contribution in [-0.4, -0.2) is 75.8 Å². The number of sulfonamides is 1. The third-order valence-corrected chi connectivity index (χ3v) is 5.57. The Hall–Kier alpha value is -2.29. The minimum atomic E-state index is -3.49. The Kier molecular flexibility index (Phi) is 7.06. The predicted octanol–water partition coefficient (Wildman–Crippen LogP) is 1.45. The van der Waals surface area contributed by atoms with Crippen LogP contribution in [0.1, 0.15) is 18.9 Å². The van der Waals surface area contributed by atoms with Crippen LogP contribution in [0.3, 0.4) is 0 Å². The van der Waals surface area contributed by atoms with Crippen LogP contribution in [0, 0.1) is 6.92 Å². The summed E-state index contributed by atoms with van der Waals surface area (Å²) in [6.07, 6.45) is 0.852. The summed E-state index contributed by atoms with van der Waals surface area (Å²) in [7, 11) is -3.49. The summed E-state index contributed by atoms with van der Waals surface area (Å²) in [5.74, 6) is -0.125. The number of carbonyl (C=O) groups is 2. The summed E-state index contributed by atoms with van der Waals surface area (Å²) >= 11 is 0. The Balaban J connectivity index is 1.94. The first-order valence-electron chi connectivity index (χ1n) is 8.96. The Morgan fingerprint density at radius 3 is 2.33 bits per heavy atom. The van der Waals surface area contributed by atoms with Gasteiger partial charge >= 0.3 is 6.09 Å². The highest BCUT2D eigenvalue weighted by molar-refractivity contribution is 7.92. The second-order valence-electron chi connectivity index (χ2n) is 6.49. The van der Waals surface area contributed by atoms with Gasteiger partial charge in [-0.15, -0.1) is 0 Å². The molecule has 1 aromatic carbocycles. The van der Waals surface area contributed by atoms with E-state index in [9.17, 15) is 18.0 Å². The van der Waals surface area contributed by atoms with Crippen molar-refractivity contribution in [1.82, 2.24) is 9.80 Å². The Bertz CT molecular complexity index is 773. The third kappa shape index (κ3) is 5.85. The van der Waals surface area contributed by atoms with E-state index in [0.717, 1.165) is 11.8 Å². The Morgan fingerprint density at radius 2 is 1.78 bits per heavy atom. The summed E-state index contributed by atoms with van der Waals surface area (Å²) in [6, 6.07) is 7.18. The molecule has 2 amide bonds. The van der Waals surface area contributed by atoms with Crippen molar-refractivity contribution in [2.24, 2.45) is 0 Å². The monoisotopic (exact) mass is 397 g/mol. The molecule has 27 heavy (non-hydrogen) atoms. The summed E-state index contributed by atoms with van der Waals surface area (Å²) in [5, 5.41) is 0. The topological polar surface area (TPSA) is 87.2 Å². The van der Waals surface area contributed by atoms with Gasteiger partial charge in [0, 0.05) is 39.1 Å². The maximum absolute atomic E-state index is 12.5. The number of carbonyl (C=O) groups excluding carboxylic acids is 2. The molecule has 8 nitrogen and oxygen atoms in total. The van der Waals surface area contributed by atoms with Crippen molar-refractivity contribution in [2.75, 3.05) is 49.9 Å². The molecule has 0 saturated carbocycles. The first-order valence-corrected chi connectivity index (χ1v) is 10.8. The molecular weight excluding hydrogens is 370 g/mol. The van der Waals surface area contributed by atoms with Gasteiger partial charge in [0.15, 0.2) is 0 Å². The minimum absolute atomic E-state index is 0.0826. The number of ether oxygens (including phenoxy) is 1. The van der Waals surface area contributed by atoms with Gasteiger partial charge in [0.2, 0.25) is 15.9 Å². The number of amides is 2. The van der Waals surface area contributed by atoms with E-state index in [1.807, 2.05) is 13.0 Å². The number of aryl methyl sites for hydroxylation is 1. The van der Waals surface area contributed by atoms with Gasteiger partial charge in [0.1, 0.15) is 0 Å². The normalized spacial score (nSPS) is 14.8. The van der Waals surface area contributed by atoms with E-state index in [0.29, 0.717) is 38.5 Å². The molecule has 0 bridgehead atoms. The average molecular weight is 397 g/mol. The fraction of sp³-hybridized carbons (Fsp3) is 0.556. The van der Waals surface area contributed by atoms with Crippen molar-refractivity contribution in [3.8, 4) is 0 Å². The predicted molar refractivity (Wildman–Crippen MR) is 103 cm³/mol. The Morgan fingerprint density at radius 1 is 1.15 bits per heavy atom. The van der Waals surface area contributed by atoms with E-state index in [-0.39, 0.29) is 25.0 Å². The molecule has 0 unspecified atom stereocenters. The van der Waals surface area contributed by atoms with Crippen molar-refractivity contribution < 1.29 is 22.7 Å². The number of hydrogen-bond acceptors (Lipinski definition) is 5. The molecule has 1 heterocycles. The largest absolute Gasteiger partial charge is 0.450 e. The molecule has 0 atom stereocenters. The molecule has 0 N–H and O–H groups in total. The van der Waals surface area contributed by atoms with Crippen molar-refractivity contribution in [3.05, 3.63) is 29.8 Å². The molecule has 1 aliphatic heterocycles. The van der Waals surface area contributed by atoms with E-state index in [1.165, 1.54) is 4.31 Å². The third-order valence-electron chi connectivity index (χ3n) is 4.38. The molecule has 1 fully saturated rings. The Labute approximate surface area is 160 Å². The summed E-state index contributed by atoms with van der Waals surface area (Å²) in [6.45, 7) is 5.70. The zero-order chi connectivity index (χ0) is 20.0. The summed E-state index contributed by atoms with van der Waals surface area (Å²) in [4.78, 5) is 27.4. The fourth-order valence-corrected chi connectivity index (χ4v) is 3.90. The van der Waals surface area contributed by atoms with Gasteiger partial charge < -0.3 is 14.5 Å². The molecule has 0 radical (unpaired) electrons. The quantitative estimate of drug-likeness (QED) is 0.725. The number of hydrogen-bond donors (Lipinski definition) is 0. The maximum Gasteiger partial charge on any atom is 0.409 e.